The number of benzene rings is 2. The third kappa shape index (κ3) is 3.24. The van der Waals surface area contributed by atoms with Crippen LogP contribution < -0.4 is 4.90 Å². The van der Waals surface area contributed by atoms with E-state index in [9.17, 15) is 4.79 Å². The van der Waals surface area contributed by atoms with Gasteiger partial charge >= 0.3 is 0 Å². The second-order valence-electron chi connectivity index (χ2n) is 6.00. The van der Waals surface area contributed by atoms with E-state index in [1.54, 1.807) is 10.9 Å². The number of carbonyl (C=O) groups is 1. The average molecular weight is 333 g/mol. The van der Waals surface area contributed by atoms with Crippen LogP contribution in [0.3, 0.4) is 0 Å². The number of hydrogen-bond donors (Lipinski definition) is 0. The zero-order chi connectivity index (χ0) is 17.1. The van der Waals surface area contributed by atoms with Gasteiger partial charge in [0.1, 0.15) is 0 Å². The minimum atomic E-state index is -0.0603. The van der Waals surface area contributed by atoms with E-state index in [2.05, 4.69) is 27.3 Å². The molecule has 126 valence electrons. The highest BCUT2D eigenvalue weighted by atomic mass is 16.2. The van der Waals surface area contributed by atoms with Gasteiger partial charge in [0.25, 0.3) is 5.91 Å². The van der Waals surface area contributed by atoms with E-state index in [0.29, 0.717) is 18.8 Å². The van der Waals surface area contributed by atoms with E-state index in [-0.39, 0.29) is 5.91 Å². The van der Waals surface area contributed by atoms with Crippen molar-refractivity contribution in [1.82, 2.24) is 19.9 Å². The van der Waals surface area contributed by atoms with Gasteiger partial charge in [0.05, 0.1) is 11.9 Å². The van der Waals surface area contributed by atoms with E-state index in [1.807, 2.05) is 53.4 Å². The molecule has 0 spiro atoms. The summed E-state index contributed by atoms with van der Waals surface area (Å²) in [5.74, 6) is -0.0603. The molecule has 1 saturated heterocycles. The quantitative estimate of drug-likeness (QED) is 0.737. The Morgan fingerprint density at radius 1 is 0.800 bits per heavy atom. The fourth-order valence-electron chi connectivity index (χ4n) is 3.04. The molecule has 1 aliphatic rings. The maximum atomic E-state index is 12.7. The minimum Gasteiger partial charge on any atom is -0.368 e. The number of nitrogens with zero attached hydrogens (tertiary/aromatic N) is 5. The molecule has 2 heterocycles. The first-order valence-corrected chi connectivity index (χ1v) is 8.38. The van der Waals surface area contributed by atoms with E-state index in [4.69, 9.17) is 0 Å². The van der Waals surface area contributed by atoms with Crippen LogP contribution >= 0.6 is 0 Å². The van der Waals surface area contributed by atoms with Crippen molar-refractivity contribution in [3.05, 3.63) is 72.6 Å². The summed E-state index contributed by atoms with van der Waals surface area (Å²) in [6.45, 7) is 3.02. The summed E-state index contributed by atoms with van der Waals surface area (Å²) in [6.07, 6.45) is 1.70. The molecule has 2 aromatic carbocycles. The molecule has 0 radical (unpaired) electrons. The molecule has 1 fully saturated rings. The number of hydrogen-bond acceptors (Lipinski definition) is 4. The van der Waals surface area contributed by atoms with E-state index in [1.165, 1.54) is 5.69 Å². The minimum absolute atomic E-state index is 0.0603. The van der Waals surface area contributed by atoms with Gasteiger partial charge in [-0.15, -0.1) is 5.10 Å². The summed E-state index contributed by atoms with van der Waals surface area (Å²) >= 11 is 0. The molecule has 0 aliphatic carbocycles. The van der Waals surface area contributed by atoms with Crippen molar-refractivity contribution >= 4 is 11.6 Å². The zero-order valence-electron chi connectivity index (χ0n) is 13.8. The number of para-hydroxylation sites is 2. The maximum absolute atomic E-state index is 12.7. The first-order valence-electron chi connectivity index (χ1n) is 8.38. The van der Waals surface area contributed by atoms with Gasteiger partial charge in [-0.25, -0.2) is 4.68 Å². The molecule has 0 atom stereocenters. The molecule has 4 rings (SSSR count). The van der Waals surface area contributed by atoms with Crippen LogP contribution in [0.4, 0.5) is 5.69 Å². The van der Waals surface area contributed by atoms with E-state index in [0.717, 1.165) is 18.8 Å². The standard InChI is InChI=1S/C19H19N5O/c25-19(18-15-24(21-20-18)17-9-5-2-6-10-17)23-13-11-22(12-14-23)16-7-3-1-4-8-16/h1-10,15H,11-14H2. The van der Waals surface area contributed by atoms with Gasteiger partial charge in [-0.3, -0.25) is 4.79 Å². The van der Waals surface area contributed by atoms with E-state index >= 15 is 0 Å². The highest BCUT2D eigenvalue weighted by molar-refractivity contribution is 5.92. The molecule has 0 N–H and O–H groups in total. The van der Waals surface area contributed by atoms with Crippen LogP contribution in [-0.2, 0) is 0 Å². The van der Waals surface area contributed by atoms with Crippen LogP contribution in [0, 0.1) is 0 Å². The number of anilines is 1. The number of aromatic nitrogens is 3. The van der Waals surface area contributed by atoms with Gasteiger partial charge in [-0.05, 0) is 24.3 Å². The molecule has 0 unspecified atom stereocenters. The third-order valence-corrected chi connectivity index (χ3v) is 4.42. The maximum Gasteiger partial charge on any atom is 0.276 e. The smallest absolute Gasteiger partial charge is 0.276 e. The fraction of sp³-hybridized carbons (Fsp3) is 0.211. The normalized spacial score (nSPS) is 14.6. The van der Waals surface area contributed by atoms with Gasteiger partial charge in [0.15, 0.2) is 5.69 Å². The van der Waals surface area contributed by atoms with Crippen molar-refractivity contribution in [3.8, 4) is 5.69 Å². The summed E-state index contributed by atoms with van der Waals surface area (Å²) in [5.41, 5.74) is 2.48. The summed E-state index contributed by atoms with van der Waals surface area (Å²) in [5, 5.41) is 8.13. The topological polar surface area (TPSA) is 54.3 Å². The Kier molecular flexibility index (Phi) is 4.16. The molecule has 6 nitrogen and oxygen atoms in total. The fourth-order valence-corrected chi connectivity index (χ4v) is 3.04. The van der Waals surface area contributed by atoms with Crippen LogP contribution in [0.2, 0.25) is 0 Å². The Bertz CT molecular complexity index is 839. The molecule has 1 aromatic heterocycles. The highest BCUT2D eigenvalue weighted by Crippen LogP contribution is 2.16. The first-order chi connectivity index (χ1) is 12.3. The molecule has 1 aliphatic heterocycles. The first kappa shape index (κ1) is 15.4. The predicted octanol–water partition coefficient (Wildman–Crippen LogP) is 2.23. The number of carbonyl (C=O) groups excluding carboxylic acids is 1. The number of amides is 1. The lowest BCUT2D eigenvalue weighted by atomic mass is 10.2. The Balaban J connectivity index is 1.42. The molecule has 25 heavy (non-hydrogen) atoms. The Hall–Kier alpha value is -3.15. The lowest BCUT2D eigenvalue weighted by Crippen LogP contribution is -2.48. The Morgan fingerprint density at radius 2 is 1.40 bits per heavy atom. The summed E-state index contributed by atoms with van der Waals surface area (Å²) in [4.78, 5) is 16.8. The lowest BCUT2D eigenvalue weighted by molar-refractivity contribution is 0.0741. The van der Waals surface area contributed by atoms with Crippen LogP contribution in [0.5, 0.6) is 0 Å². The third-order valence-electron chi connectivity index (χ3n) is 4.42. The van der Waals surface area contributed by atoms with Crippen LogP contribution in [0.15, 0.2) is 66.9 Å². The van der Waals surface area contributed by atoms with Gasteiger partial charge in [-0.2, -0.15) is 0 Å². The Labute approximate surface area is 146 Å². The second-order valence-corrected chi connectivity index (χ2v) is 6.00. The summed E-state index contributed by atoms with van der Waals surface area (Å²) in [6, 6.07) is 20.0. The largest absolute Gasteiger partial charge is 0.368 e. The zero-order valence-corrected chi connectivity index (χ0v) is 13.8. The molecular formula is C19H19N5O. The van der Waals surface area contributed by atoms with Crippen molar-refractivity contribution < 1.29 is 4.79 Å². The van der Waals surface area contributed by atoms with Gasteiger partial charge in [-0.1, -0.05) is 41.6 Å². The highest BCUT2D eigenvalue weighted by Gasteiger charge is 2.24. The average Bonchev–Trinajstić information content (AvgIpc) is 3.19. The summed E-state index contributed by atoms with van der Waals surface area (Å²) in [7, 11) is 0. The van der Waals surface area contributed by atoms with Crippen molar-refractivity contribution in [1.29, 1.82) is 0 Å². The van der Waals surface area contributed by atoms with Crippen LogP contribution in [0.25, 0.3) is 5.69 Å². The summed E-state index contributed by atoms with van der Waals surface area (Å²) < 4.78 is 1.63. The molecule has 1 amide bonds. The molecule has 0 saturated carbocycles. The van der Waals surface area contributed by atoms with Crippen LogP contribution in [0.1, 0.15) is 10.5 Å². The van der Waals surface area contributed by atoms with E-state index < -0.39 is 0 Å². The van der Waals surface area contributed by atoms with Crippen molar-refractivity contribution in [2.24, 2.45) is 0 Å². The number of rotatable bonds is 3. The van der Waals surface area contributed by atoms with Gasteiger partial charge in [0.2, 0.25) is 0 Å². The molecule has 0 bridgehead atoms. The molecular weight excluding hydrogens is 314 g/mol. The second kappa shape index (κ2) is 6.76. The van der Waals surface area contributed by atoms with Crippen molar-refractivity contribution in [3.63, 3.8) is 0 Å². The van der Waals surface area contributed by atoms with Crippen LogP contribution in [-0.4, -0.2) is 52.0 Å². The molecule has 3 aromatic rings. The van der Waals surface area contributed by atoms with Crippen molar-refractivity contribution in [2.45, 2.75) is 0 Å². The van der Waals surface area contributed by atoms with Crippen molar-refractivity contribution in [2.75, 3.05) is 31.1 Å². The molecule has 6 heteroatoms. The predicted molar refractivity (Wildman–Crippen MR) is 95.9 cm³/mol. The SMILES string of the molecule is O=C(c1cn(-c2ccccc2)nn1)N1CCN(c2ccccc2)CC1. The monoisotopic (exact) mass is 333 g/mol. The van der Waals surface area contributed by atoms with Gasteiger partial charge in [0, 0.05) is 31.9 Å². The number of piperazine rings is 1. The lowest BCUT2D eigenvalue weighted by Gasteiger charge is -2.35. The Morgan fingerprint density at radius 3 is 2.04 bits per heavy atom. The van der Waals surface area contributed by atoms with Gasteiger partial charge < -0.3 is 9.80 Å².